The first kappa shape index (κ1) is 14.9. The minimum atomic E-state index is -1.33. The maximum absolute atomic E-state index is 12.7. The number of morpholine rings is 1. The molecule has 1 N–H and O–H groups in total. The van der Waals surface area contributed by atoms with Gasteiger partial charge in [0.15, 0.2) is 12.2 Å². The summed E-state index contributed by atoms with van der Waals surface area (Å²) in [6.07, 6.45) is -2.50. The minimum Gasteiger partial charge on any atom is -0.479 e. The molecule has 1 amide bonds. The Morgan fingerprint density at radius 2 is 1.67 bits per heavy atom. The number of aliphatic carboxylic acids is 1. The van der Waals surface area contributed by atoms with Crippen LogP contribution in [0.3, 0.4) is 0 Å². The normalized spacial score (nSPS) is 28.8. The van der Waals surface area contributed by atoms with Gasteiger partial charge in [0.05, 0.1) is 6.54 Å². The summed E-state index contributed by atoms with van der Waals surface area (Å²) in [4.78, 5) is 25.8. The third-order valence-corrected chi connectivity index (χ3v) is 4.31. The van der Waals surface area contributed by atoms with E-state index in [0.29, 0.717) is 11.3 Å². The Hall–Kier alpha value is -2.70. The van der Waals surface area contributed by atoms with Crippen LogP contribution in [0.1, 0.15) is 5.56 Å². The molecule has 2 aromatic rings. The number of hydrogen-bond acceptors (Lipinski definition) is 4. The lowest BCUT2D eigenvalue weighted by Gasteiger charge is -2.38. The molecule has 0 aliphatic carbocycles. The van der Waals surface area contributed by atoms with Gasteiger partial charge in [0.25, 0.3) is 5.91 Å². The van der Waals surface area contributed by atoms with E-state index in [1.807, 2.05) is 36.4 Å². The van der Waals surface area contributed by atoms with E-state index in [4.69, 9.17) is 9.47 Å². The zero-order valence-corrected chi connectivity index (χ0v) is 12.7. The second-order valence-corrected chi connectivity index (χ2v) is 5.79. The molecule has 0 spiro atoms. The largest absolute Gasteiger partial charge is 0.479 e. The first-order chi connectivity index (χ1) is 11.6. The highest BCUT2D eigenvalue weighted by Gasteiger charge is 2.60. The molecule has 2 heterocycles. The Morgan fingerprint density at radius 3 is 2.29 bits per heavy atom. The molecule has 24 heavy (non-hydrogen) atoms. The van der Waals surface area contributed by atoms with E-state index in [-0.39, 0.29) is 6.54 Å². The summed E-state index contributed by atoms with van der Waals surface area (Å²) in [7, 11) is 0. The number of amides is 1. The van der Waals surface area contributed by atoms with Gasteiger partial charge < -0.3 is 19.5 Å². The van der Waals surface area contributed by atoms with Crippen LogP contribution in [-0.2, 0) is 24.8 Å². The van der Waals surface area contributed by atoms with Crippen LogP contribution in [0, 0.1) is 0 Å². The first-order valence-electron chi connectivity index (χ1n) is 7.61. The van der Waals surface area contributed by atoms with Crippen LogP contribution in [0.15, 0.2) is 60.7 Å². The monoisotopic (exact) mass is 325 g/mol. The van der Waals surface area contributed by atoms with Gasteiger partial charge in [-0.1, -0.05) is 48.5 Å². The Bertz CT molecular complexity index is 779. The van der Waals surface area contributed by atoms with Gasteiger partial charge in [-0.05, 0) is 12.1 Å². The van der Waals surface area contributed by atoms with Crippen molar-refractivity contribution < 1.29 is 24.2 Å². The molecule has 0 radical (unpaired) electrons. The Kier molecular flexibility index (Phi) is 3.37. The standard InChI is InChI=1S/C18H15NO5/c20-16-14-15(17(21)22)24-18(23-14,12-7-3-1-4-8-12)11-19(16)13-9-5-2-6-10-13/h1-10,14-15H,11H2,(H,21,22). The number of carbonyl (C=O) groups excluding carboxylic acids is 1. The Labute approximate surface area is 138 Å². The topological polar surface area (TPSA) is 76.1 Å². The number of carboxylic acid groups (broad SMARTS) is 1. The second-order valence-electron chi connectivity index (χ2n) is 5.79. The predicted molar refractivity (Wildman–Crippen MR) is 84.3 cm³/mol. The smallest absolute Gasteiger partial charge is 0.336 e. The van der Waals surface area contributed by atoms with Crippen LogP contribution in [0.4, 0.5) is 5.69 Å². The molecule has 6 heteroatoms. The van der Waals surface area contributed by atoms with E-state index in [1.165, 1.54) is 4.90 Å². The number of para-hydroxylation sites is 1. The van der Waals surface area contributed by atoms with E-state index < -0.39 is 29.9 Å². The fourth-order valence-corrected chi connectivity index (χ4v) is 3.18. The number of carboxylic acids is 1. The average molecular weight is 325 g/mol. The van der Waals surface area contributed by atoms with Gasteiger partial charge in [0.1, 0.15) is 0 Å². The number of hydrogen-bond donors (Lipinski definition) is 1. The van der Waals surface area contributed by atoms with Crippen molar-refractivity contribution in [1.82, 2.24) is 0 Å². The third kappa shape index (κ3) is 2.19. The van der Waals surface area contributed by atoms with Crippen molar-refractivity contribution in [2.45, 2.75) is 18.0 Å². The second kappa shape index (κ2) is 5.43. The van der Waals surface area contributed by atoms with Gasteiger partial charge in [0, 0.05) is 11.3 Å². The van der Waals surface area contributed by atoms with Crippen LogP contribution in [0.2, 0.25) is 0 Å². The fraction of sp³-hybridized carbons (Fsp3) is 0.222. The van der Waals surface area contributed by atoms with E-state index in [1.54, 1.807) is 24.3 Å². The molecule has 2 bridgehead atoms. The number of ether oxygens (including phenoxy) is 2. The van der Waals surface area contributed by atoms with Gasteiger partial charge in [-0.3, -0.25) is 4.79 Å². The molecule has 0 saturated carbocycles. The number of benzene rings is 2. The number of fused-ring (bicyclic) bond motifs is 2. The molecule has 0 aromatic heterocycles. The third-order valence-electron chi connectivity index (χ3n) is 4.31. The van der Waals surface area contributed by atoms with Gasteiger partial charge in [0.2, 0.25) is 5.79 Å². The molecule has 4 rings (SSSR count). The maximum atomic E-state index is 12.7. The molecule has 3 unspecified atom stereocenters. The number of rotatable bonds is 3. The molecular formula is C18H15NO5. The molecule has 2 aliphatic heterocycles. The minimum absolute atomic E-state index is 0.0974. The van der Waals surface area contributed by atoms with Gasteiger partial charge >= 0.3 is 5.97 Å². The van der Waals surface area contributed by atoms with Crippen LogP contribution in [0.5, 0.6) is 0 Å². The number of carbonyl (C=O) groups is 2. The molecule has 2 aromatic carbocycles. The van der Waals surface area contributed by atoms with E-state index in [0.717, 1.165) is 0 Å². The molecule has 2 aliphatic rings. The number of anilines is 1. The molecule has 2 fully saturated rings. The van der Waals surface area contributed by atoms with E-state index in [2.05, 4.69) is 0 Å². The highest BCUT2D eigenvalue weighted by molar-refractivity contribution is 6.01. The predicted octanol–water partition coefficient (Wildman–Crippen LogP) is 1.75. The van der Waals surface area contributed by atoms with Gasteiger partial charge in [-0.25, -0.2) is 4.79 Å². The SMILES string of the molecule is O=C(O)C1OC2(c3ccccc3)CN(c3ccccc3)C(=O)C1O2. The van der Waals surface area contributed by atoms with Crippen LogP contribution in [-0.4, -0.2) is 35.7 Å². The van der Waals surface area contributed by atoms with Crippen molar-refractivity contribution >= 4 is 17.6 Å². The van der Waals surface area contributed by atoms with Crippen molar-refractivity contribution in [2.75, 3.05) is 11.4 Å². The fourth-order valence-electron chi connectivity index (χ4n) is 3.18. The molecule has 2 saturated heterocycles. The van der Waals surface area contributed by atoms with Crippen molar-refractivity contribution in [3.05, 3.63) is 66.2 Å². The van der Waals surface area contributed by atoms with Crippen LogP contribution >= 0.6 is 0 Å². The van der Waals surface area contributed by atoms with Crippen molar-refractivity contribution in [2.24, 2.45) is 0 Å². The van der Waals surface area contributed by atoms with Crippen molar-refractivity contribution in [1.29, 1.82) is 0 Å². The average Bonchev–Trinajstić information content (AvgIpc) is 2.97. The van der Waals surface area contributed by atoms with Gasteiger partial charge in [-0.2, -0.15) is 0 Å². The zero-order valence-electron chi connectivity index (χ0n) is 12.7. The lowest BCUT2D eigenvalue weighted by molar-refractivity contribution is -0.193. The summed E-state index contributed by atoms with van der Waals surface area (Å²) in [5.74, 6) is -2.89. The summed E-state index contributed by atoms with van der Waals surface area (Å²) in [5.41, 5.74) is 1.37. The van der Waals surface area contributed by atoms with Crippen LogP contribution in [0.25, 0.3) is 0 Å². The highest BCUT2D eigenvalue weighted by atomic mass is 16.8. The molecule has 122 valence electrons. The Balaban J connectivity index is 1.80. The Morgan fingerprint density at radius 1 is 1.04 bits per heavy atom. The van der Waals surface area contributed by atoms with Crippen LogP contribution < -0.4 is 4.90 Å². The van der Waals surface area contributed by atoms with Gasteiger partial charge in [-0.15, -0.1) is 0 Å². The summed E-state index contributed by atoms with van der Waals surface area (Å²) in [5, 5.41) is 9.42. The lowest BCUT2D eigenvalue weighted by Crippen LogP contribution is -2.54. The maximum Gasteiger partial charge on any atom is 0.336 e. The van der Waals surface area contributed by atoms with Crippen molar-refractivity contribution in [3.8, 4) is 0 Å². The first-order valence-corrected chi connectivity index (χ1v) is 7.61. The summed E-state index contributed by atoms with van der Waals surface area (Å²) in [6.45, 7) is 0.0974. The van der Waals surface area contributed by atoms with Crippen molar-refractivity contribution in [3.63, 3.8) is 0 Å². The molecule has 3 atom stereocenters. The van der Waals surface area contributed by atoms with E-state index >= 15 is 0 Å². The summed E-state index contributed by atoms with van der Waals surface area (Å²) in [6, 6.07) is 18.2. The van der Waals surface area contributed by atoms with E-state index in [9.17, 15) is 14.7 Å². The quantitative estimate of drug-likeness (QED) is 0.930. The highest BCUT2D eigenvalue weighted by Crippen LogP contribution is 2.43. The molecular weight excluding hydrogens is 310 g/mol. The summed E-state index contributed by atoms with van der Waals surface area (Å²) >= 11 is 0. The lowest BCUT2D eigenvalue weighted by atomic mass is 10.0. The molecule has 6 nitrogen and oxygen atoms in total. The summed E-state index contributed by atoms with van der Waals surface area (Å²) < 4.78 is 11.6. The zero-order chi connectivity index (χ0) is 16.7. The number of nitrogens with zero attached hydrogens (tertiary/aromatic N) is 1.